The molecule has 2 aromatic heterocycles. The second-order valence-corrected chi connectivity index (χ2v) is 9.93. The Morgan fingerprint density at radius 3 is 2.71 bits per heavy atom. The molecule has 0 aliphatic heterocycles. The standard InChI is InChI=1S/C23H31N3OS/c1-25-20-11-6-10-18(20)19(24-25)16-26(17-8-2-3-9-17)22(27)23(13-4-5-14-23)21-12-7-15-28-21/h7,12,15,17H,2-6,8-11,13-14,16H2,1H3. The maximum absolute atomic E-state index is 14.2. The van der Waals surface area contributed by atoms with Crippen LogP contribution in [0.25, 0.3) is 0 Å². The zero-order valence-electron chi connectivity index (χ0n) is 17.0. The number of carbonyl (C=O) groups is 1. The minimum atomic E-state index is -0.283. The van der Waals surface area contributed by atoms with Crippen molar-refractivity contribution in [3.8, 4) is 0 Å². The highest BCUT2D eigenvalue weighted by Gasteiger charge is 2.47. The molecular formula is C23H31N3OS. The van der Waals surface area contributed by atoms with Crippen molar-refractivity contribution in [2.24, 2.45) is 7.05 Å². The normalized spacial score (nSPS) is 21.3. The molecule has 150 valence electrons. The summed E-state index contributed by atoms with van der Waals surface area (Å²) in [5.74, 6) is 0.386. The van der Waals surface area contributed by atoms with Crippen molar-refractivity contribution in [1.82, 2.24) is 14.7 Å². The number of amides is 1. The zero-order valence-corrected chi connectivity index (χ0v) is 17.8. The summed E-state index contributed by atoms with van der Waals surface area (Å²) in [5.41, 5.74) is 3.70. The summed E-state index contributed by atoms with van der Waals surface area (Å²) in [6, 6.07) is 4.70. The first-order chi connectivity index (χ1) is 13.7. The third kappa shape index (κ3) is 2.94. The van der Waals surface area contributed by atoms with Crippen LogP contribution in [0.1, 0.15) is 79.6 Å². The van der Waals surface area contributed by atoms with Crippen LogP contribution in [0.4, 0.5) is 0 Å². The lowest BCUT2D eigenvalue weighted by Gasteiger charge is -2.37. The SMILES string of the molecule is Cn1nc(CN(C(=O)C2(c3cccs3)CCCC2)C2CCCC2)c2c1CCC2. The van der Waals surface area contributed by atoms with Gasteiger partial charge in [0.25, 0.3) is 0 Å². The van der Waals surface area contributed by atoms with Crippen LogP contribution in [-0.2, 0) is 36.6 Å². The molecular weight excluding hydrogens is 366 g/mol. The van der Waals surface area contributed by atoms with Crippen molar-refractivity contribution in [2.75, 3.05) is 0 Å². The Bertz CT molecular complexity index is 842. The largest absolute Gasteiger partial charge is 0.333 e. The molecule has 0 bridgehead atoms. The van der Waals surface area contributed by atoms with Crippen LogP contribution in [0.5, 0.6) is 0 Å². The summed E-state index contributed by atoms with van der Waals surface area (Å²) in [6.45, 7) is 0.708. The Morgan fingerprint density at radius 2 is 2.00 bits per heavy atom. The summed E-state index contributed by atoms with van der Waals surface area (Å²) in [5, 5.41) is 7.00. The van der Waals surface area contributed by atoms with Gasteiger partial charge < -0.3 is 4.90 Å². The van der Waals surface area contributed by atoms with E-state index in [-0.39, 0.29) is 5.41 Å². The number of hydrogen-bond donors (Lipinski definition) is 0. The molecule has 5 heteroatoms. The number of fused-ring (bicyclic) bond motifs is 1. The van der Waals surface area contributed by atoms with Crippen molar-refractivity contribution >= 4 is 17.2 Å². The lowest BCUT2D eigenvalue weighted by atomic mass is 9.82. The summed E-state index contributed by atoms with van der Waals surface area (Å²) < 4.78 is 2.07. The van der Waals surface area contributed by atoms with E-state index in [0.29, 0.717) is 18.5 Å². The van der Waals surface area contributed by atoms with E-state index in [1.807, 2.05) is 0 Å². The molecule has 0 aromatic carbocycles. The molecule has 5 rings (SSSR count). The fourth-order valence-corrected chi connectivity index (χ4v) is 6.92. The van der Waals surface area contributed by atoms with Crippen molar-refractivity contribution in [2.45, 2.75) is 88.6 Å². The van der Waals surface area contributed by atoms with Crippen LogP contribution >= 0.6 is 11.3 Å². The average molecular weight is 398 g/mol. The van der Waals surface area contributed by atoms with Crippen molar-refractivity contribution in [1.29, 1.82) is 0 Å². The van der Waals surface area contributed by atoms with Gasteiger partial charge in [-0.1, -0.05) is 31.7 Å². The number of rotatable bonds is 5. The third-order valence-corrected chi connectivity index (χ3v) is 8.48. The maximum Gasteiger partial charge on any atom is 0.234 e. The van der Waals surface area contributed by atoms with Gasteiger partial charge in [0.2, 0.25) is 5.91 Å². The predicted octanol–water partition coefficient (Wildman–Crippen LogP) is 4.75. The average Bonchev–Trinajstić information content (AvgIpc) is 3.52. The molecule has 0 spiro atoms. The van der Waals surface area contributed by atoms with Gasteiger partial charge in [0, 0.05) is 23.7 Å². The van der Waals surface area contributed by atoms with Crippen LogP contribution in [-0.4, -0.2) is 26.6 Å². The van der Waals surface area contributed by atoms with Crippen molar-refractivity contribution in [3.05, 3.63) is 39.3 Å². The molecule has 2 saturated carbocycles. The number of nitrogens with zero attached hydrogens (tertiary/aromatic N) is 3. The van der Waals surface area contributed by atoms with Gasteiger partial charge in [0.05, 0.1) is 17.7 Å². The molecule has 0 atom stereocenters. The lowest BCUT2D eigenvalue weighted by Crippen LogP contribution is -2.48. The van der Waals surface area contributed by atoms with Gasteiger partial charge in [0.1, 0.15) is 0 Å². The summed E-state index contributed by atoms with van der Waals surface area (Å²) in [7, 11) is 2.07. The maximum atomic E-state index is 14.2. The van der Waals surface area contributed by atoms with E-state index in [1.165, 1.54) is 48.2 Å². The third-order valence-electron chi connectivity index (χ3n) is 7.40. The minimum Gasteiger partial charge on any atom is -0.333 e. The van der Waals surface area contributed by atoms with Crippen molar-refractivity contribution in [3.63, 3.8) is 0 Å². The van der Waals surface area contributed by atoms with E-state index in [9.17, 15) is 4.79 Å². The Hall–Kier alpha value is -1.62. The summed E-state index contributed by atoms with van der Waals surface area (Å²) in [4.78, 5) is 17.7. The second kappa shape index (κ2) is 7.33. The van der Waals surface area contributed by atoms with E-state index in [4.69, 9.17) is 5.10 Å². The van der Waals surface area contributed by atoms with E-state index in [0.717, 1.165) is 44.2 Å². The molecule has 3 aliphatic rings. The van der Waals surface area contributed by atoms with Gasteiger partial charge >= 0.3 is 0 Å². The summed E-state index contributed by atoms with van der Waals surface area (Å²) >= 11 is 1.77. The highest BCUT2D eigenvalue weighted by atomic mass is 32.1. The fourth-order valence-electron chi connectivity index (χ4n) is 5.94. The number of aryl methyl sites for hydroxylation is 1. The molecule has 0 unspecified atom stereocenters. The van der Waals surface area contributed by atoms with Crippen LogP contribution in [0, 0.1) is 0 Å². The van der Waals surface area contributed by atoms with Gasteiger partial charge in [-0.05, 0) is 62.0 Å². The van der Waals surface area contributed by atoms with E-state index >= 15 is 0 Å². The van der Waals surface area contributed by atoms with E-state index in [1.54, 1.807) is 11.3 Å². The number of carbonyl (C=O) groups excluding carboxylic acids is 1. The molecule has 2 aromatic rings. The Balaban J connectivity index is 1.50. The van der Waals surface area contributed by atoms with Crippen LogP contribution in [0.3, 0.4) is 0 Å². The van der Waals surface area contributed by atoms with Crippen molar-refractivity contribution < 1.29 is 4.79 Å². The highest BCUT2D eigenvalue weighted by molar-refractivity contribution is 7.10. The van der Waals surface area contributed by atoms with E-state index in [2.05, 4.69) is 34.1 Å². The quantitative estimate of drug-likeness (QED) is 0.730. The second-order valence-electron chi connectivity index (χ2n) is 8.99. The first kappa shape index (κ1) is 18.4. The predicted molar refractivity (Wildman–Crippen MR) is 113 cm³/mol. The van der Waals surface area contributed by atoms with Crippen LogP contribution in [0.15, 0.2) is 17.5 Å². The van der Waals surface area contributed by atoms with E-state index < -0.39 is 0 Å². The van der Waals surface area contributed by atoms with Gasteiger partial charge in [-0.2, -0.15) is 5.10 Å². The Morgan fingerprint density at radius 1 is 1.21 bits per heavy atom. The summed E-state index contributed by atoms with van der Waals surface area (Å²) in [6.07, 6.45) is 12.7. The molecule has 2 heterocycles. The van der Waals surface area contributed by atoms with Gasteiger partial charge in [-0.25, -0.2) is 0 Å². The first-order valence-electron chi connectivity index (χ1n) is 11.1. The molecule has 0 radical (unpaired) electrons. The molecule has 1 amide bonds. The molecule has 28 heavy (non-hydrogen) atoms. The molecule has 4 nitrogen and oxygen atoms in total. The Kier molecular flexibility index (Phi) is 4.82. The molecule has 0 saturated heterocycles. The van der Waals surface area contributed by atoms with Crippen LogP contribution < -0.4 is 0 Å². The van der Waals surface area contributed by atoms with Gasteiger partial charge in [0.15, 0.2) is 0 Å². The Labute approximate surface area is 171 Å². The van der Waals surface area contributed by atoms with Gasteiger partial charge in [-0.15, -0.1) is 11.3 Å². The van der Waals surface area contributed by atoms with Gasteiger partial charge in [-0.3, -0.25) is 9.48 Å². The first-order valence-corrected chi connectivity index (χ1v) is 12.0. The highest BCUT2D eigenvalue weighted by Crippen LogP contribution is 2.46. The zero-order chi connectivity index (χ0) is 19.1. The van der Waals surface area contributed by atoms with Crippen LogP contribution in [0.2, 0.25) is 0 Å². The molecule has 2 fully saturated rings. The number of thiophene rings is 1. The molecule has 0 N–H and O–H groups in total. The smallest absolute Gasteiger partial charge is 0.234 e. The lowest BCUT2D eigenvalue weighted by molar-refractivity contribution is -0.140. The monoisotopic (exact) mass is 397 g/mol. The number of aromatic nitrogens is 2. The number of hydrogen-bond acceptors (Lipinski definition) is 3. The minimum absolute atomic E-state index is 0.283. The fraction of sp³-hybridized carbons (Fsp3) is 0.652. The topological polar surface area (TPSA) is 38.1 Å². The molecule has 3 aliphatic carbocycles.